The van der Waals surface area contributed by atoms with Crippen molar-refractivity contribution >= 4 is 15.7 Å². The van der Waals surface area contributed by atoms with Crippen molar-refractivity contribution in [2.75, 3.05) is 25.9 Å². The lowest BCUT2D eigenvalue weighted by Gasteiger charge is -2.36. The van der Waals surface area contributed by atoms with Crippen LogP contribution in [0.5, 0.6) is 0 Å². The first-order valence-corrected chi connectivity index (χ1v) is 9.98. The molecule has 3 rings (SSSR count). The van der Waals surface area contributed by atoms with E-state index in [-0.39, 0.29) is 16.8 Å². The van der Waals surface area contributed by atoms with Crippen molar-refractivity contribution in [3.8, 4) is 0 Å². The topological polar surface area (TPSA) is 84.3 Å². The van der Waals surface area contributed by atoms with Gasteiger partial charge in [0.2, 0.25) is 0 Å². The van der Waals surface area contributed by atoms with Crippen LogP contribution in [-0.4, -0.2) is 54.7 Å². The summed E-state index contributed by atoms with van der Waals surface area (Å²) in [6, 6.07) is 4.65. The number of carbonyl (C=O) groups is 1. The van der Waals surface area contributed by atoms with Crippen LogP contribution in [0.1, 0.15) is 27.8 Å². The SMILES string of the molecule is Cc1ccc(C(=O)N2CCNCC2c2nccn2C)cc1S(C)(=O)=O. The van der Waals surface area contributed by atoms with Crippen LogP contribution in [0.3, 0.4) is 0 Å². The highest BCUT2D eigenvalue weighted by atomic mass is 32.2. The van der Waals surface area contributed by atoms with Gasteiger partial charge in [-0.05, 0) is 24.6 Å². The zero-order valence-electron chi connectivity index (χ0n) is 14.6. The molecule has 7 nitrogen and oxygen atoms in total. The second kappa shape index (κ2) is 6.61. The number of hydrogen-bond acceptors (Lipinski definition) is 5. The molecule has 0 bridgehead atoms. The smallest absolute Gasteiger partial charge is 0.254 e. The van der Waals surface area contributed by atoms with Crippen LogP contribution in [0.15, 0.2) is 35.5 Å². The van der Waals surface area contributed by atoms with E-state index in [4.69, 9.17) is 0 Å². The molecule has 0 saturated carbocycles. The Morgan fingerprint density at radius 2 is 2.12 bits per heavy atom. The van der Waals surface area contributed by atoms with Crippen LogP contribution in [0.2, 0.25) is 0 Å². The second-order valence-electron chi connectivity index (χ2n) is 6.37. The van der Waals surface area contributed by atoms with Crippen molar-refractivity contribution < 1.29 is 13.2 Å². The van der Waals surface area contributed by atoms with Gasteiger partial charge in [0.05, 0.1) is 4.90 Å². The molecule has 1 aromatic heterocycles. The Kier molecular flexibility index (Phi) is 4.66. The Bertz CT molecular complexity index is 904. The largest absolute Gasteiger partial charge is 0.336 e. The summed E-state index contributed by atoms with van der Waals surface area (Å²) < 4.78 is 25.8. The molecule has 134 valence electrons. The summed E-state index contributed by atoms with van der Waals surface area (Å²) in [5.74, 6) is 0.621. The van der Waals surface area contributed by atoms with E-state index >= 15 is 0 Å². The first-order valence-electron chi connectivity index (χ1n) is 8.08. The summed E-state index contributed by atoms with van der Waals surface area (Å²) in [6.07, 6.45) is 4.71. The van der Waals surface area contributed by atoms with Gasteiger partial charge in [-0.25, -0.2) is 13.4 Å². The third-order valence-corrected chi connectivity index (χ3v) is 5.73. The van der Waals surface area contributed by atoms with Crippen molar-refractivity contribution in [2.24, 2.45) is 7.05 Å². The maximum absolute atomic E-state index is 13.1. The summed E-state index contributed by atoms with van der Waals surface area (Å²) >= 11 is 0. The Morgan fingerprint density at radius 3 is 2.76 bits per heavy atom. The number of carbonyl (C=O) groups excluding carboxylic acids is 1. The molecule has 1 atom stereocenters. The standard InChI is InChI=1S/C17H22N4O3S/c1-12-4-5-13(10-15(12)25(3,23)24)17(22)21-9-6-18-11-14(21)16-19-7-8-20(16)2/h4-5,7-8,10,14,18H,6,9,11H2,1-3H3. The van der Waals surface area contributed by atoms with Crippen molar-refractivity contribution in [1.29, 1.82) is 0 Å². The monoisotopic (exact) mass is 362 g/mol. The summed E-state index contributed by atoms with van der Waals surface area (Å²) in [7, 11) is -1.49. The van der Waals surface area contributed by atoms with Crippen molar-refractivity contribution in [2.45, 2.75) is 17.9 Å². The number of hydrogen-bond donors (Lipinski definition) is 1. The number of aryl methyl sites for hydroxylation is 2. The molecule has 1 unspecified atom stereocenters. The zero-order chi connectivity index (χ0) is 18.2. The minimum Gasteiger partial charge on any atom is -0.336 e. The highest BCUT2D eigenvalue weighted by Crippen LogP contribution is 2.24. The molecule has 1 aromatic carbocycles. The maximum atomic E-state index is 13.1. The van der Waals surface area contributed by atoms with E-state index in [2.05, 4.69) is 10.3 Å². The minimum absolute atomic E-state index is 0.181. The Labute approximate surface area is 147 Å². The van der Waals surface area contributed by atoms with Crippen LogP contribution in [0.4, 0.5) is 0 Å². The van der Waals surface area contributed by atoms with E-state index in [1.807, 2.05) is 17.8 Å². The van der Waals surface area contributed by atoms with E-state index in [1.165, 1.54) is 6.07 Å². The third kappa shape index (κ3) is 3.45. The number of imidazole rings is 1. The molecule has 0 radical (unpaired) electrons. The lowest BCUT2D eigenvalue weighted by molar-refractivity contribution is 0.0620. The Morgan fingerprint density at radius 1 is 1.36 bits per heavy atom. The number of piperazine rings is 1. The summed E-state index contributed by atoms with van der Waals surface area (Å²) in [4.78, 5) is 19.4. The molecule has 2 aromatic rings. The second-order valence-corrected chi connectivity index (χ2v) is 8.35. The van der Waals surface area contributed by atoms with Crippen molar-refractivity contribution in [3.63, 3.8) is 0 Å². The van der Waals surface area contributed by atoms with E-state index in [9.17, 15) is 13.2 Å². The quantitative estimate of drug-likeness (QED) is 0.878. The number of aromatic nitrogens is 2. The summed E-state index contributed by atoms with van der Waals surface area (Å²) in [5.41, 5.74) is 1.02. The highest BCUT2D eigenvalue weighted by Gasteiger charge is 2.31. The lowest BCUT2D eigenvalue weighted by atomic mass is 10.1. The van der Waals surface area contributed by atoms with Crippen LogP contribution < -0.4 is 5.32 Å². The molecular weight excluding hydrogens is 340 g/mol. The predicted molar refractivity (Wildman–Crippen MR) is 94.1 cm³/mol. The predicted octanol–water partition coefficient (Wildman–Crippen LogP) is 0.919. The van der Waals surface area contributed by atoms with Gasteiger partial charge >= 0.3 is 0 Å². The molecule has 2 heterocycles. The zero-order valence-corrected chi connectivity index (χ0v) is 15.4. The van der Waals surface area contributed by atoms with Crippen LogP contribution in [-0.2, 0) is 16.9 Å². The van der Waals surface area contributed by atoms with Gasteiger partial charge in [-0.1, -0.05) is 6.07 Å². The van der Waals surface area contributed by atoms with Crippen molar-refractivity contribution in [1.82, 2.24) is 19.8 Å². The van der Waals surface area contributed by atoms with Gasteiger partial charge in [0, 0.05) is 50.9 Å². The number of nitrogens with zero attached hydrogens (tertiary/aromatic N) is 3. The van der Waals surface area contributed by atoms with E-state index in [0.717, 1.165) is 12.1 Å². The number of benzene rings is 1. The highest BCUT2D eigenvalue weighted by molar-refractivity contribution is 7.90. The van der Waals surface area contributed by atoms with Crippen LogP contribution in [0, 0.1) is 6.92 Å². The molecule has 0 aliphatic carbocycles. The molecule has 1 N–H and O–H groups in total. The number of amides is 1. The molecule has 8 heteroatoms. The first kappa shape index (κ1) is 17.6. The van der Waals surface area contributed by atoms with E-state index in [1.54, 1.807) is 30.2 Å². The fourth-order valence-electron chi connectivity index (χ4n) is 3.17. The summed E-state index contributed by atoms with van der Waals surface area (Å²) in [5, 5.41) is 3.29. The first-order chi connectivity index (χ1) is 11.8. The molecule has 1 aliphatic rings. The molecule has 1 aliphatic heterocycles. The average molecular weight is 362 g/mol. The molecular formula is C17H22N4O3S. The minimum atomic E-state index is -3.38. The maximum Gasteiger partial charge on any atom is 0.254 e. The number of rotatable bonds is 3. The number of sulfone groups is 1. The van der Waals surface area contributed by atoms with Crippen LogP contribution in [0.25, 0.3) is 0 Å². The Balaban J connectivity index is 1.97. The van der Waals surface area contributed by atoms with Crippen LogP contribution >= 0.6 is 0 Å². The van der Waals surface area contributed by atoms with Gasteiger partial charge in [0.1, 0.15) is 11.9 Å². The van der Waals surface area contributed by atoms with Gasteiger partial charge in [-0.2, -0.15) is 0 Å². The van der Waals surface area contributed by atoms with Gasteiger partial charge in [-0.3, -0.25) is 4.79 Å². The van der Waals surface area contributed by atoms with E-state index in [0.29, 0.717) is 30.8 Å². The van der Waals surface area contributed by atoms with Gasteiger partial charge in [0.15, 0.2) is 9.84 Å². The van der Waals surface area contributed by atoms with E-state index < -0.39 is 9.84 Å². The fourth-order valence-corrected chi connectivity index (χ4v) is 4.17. The van der Waals surface area contributed by atoms with Gasteiger partial charge < -0.3 is 14.8 Å². The number of nitrogens with one attached hydrogen (secondary N) is 1. The van der Waals surface area contributed by atoms with Gasteiger partial charge in [-0.15, -0.1) is 0 Å². The molecule has 0 spiro atoms. The van der Waals surface area contributed by atoms with Gasteiger partial charge in [0.25, 0.3) is 5.91 Å². The molecule has 1 saturated heterocycles. The normalized spacial score (nSPS) is 18.4. The lowest BCUT2D eigenvalue weighted by Crippen LogP contribution is -2.49. The van der Waals surface area contributed by atoms with Crippen molar-refractivity contribution in [3.05, 3.63) is 47.5 Å². The fraction of sp³-hybridized carbons (Fsp3) is 0.412. The third-order valence-electron chi connectivity index (χ3n) is 4.50. The Hall–Kier alpha value is -2.19. The molecule has 1 amide bonds. The molecule has 25 heavy (non-hydrogen) atoms. The molecule has 1 fully saturated rings. The summed E-state index contributed by atoms with van der Waals surface area (Å²) in [6.45, 7) is 3.57. The average Bonchev–Trinajstić information content (AvgIpc) is 2.99.